The Labute approximate surface area is 184 Å². The van der Waals surface area contributed by atoms with Crippen LogP contribution in [-0.4, -0.2) is 35.9 Å². The first-order chi connectivity index (χ1) is 15.0. The molecule has 1 saturated heterocycles. The van der Waals surface area contributed by atoms with Crippen molar-refractivity contribution >= 4 is 17.5 Å². The van der Waals surface area contributed by atoms with Gasteiger partial charge in [-0.05, 0) is 67.0 Å². The van der Waals surface area contributed by atoms with Gasteiger partial charge in [0.05, 0.1) is 6.04 Å². The zero-order valence-electron chi connectivity index (χ0n) is 18.4. The fraction of sp³-hybridized carbons (Fsp3) is 0.480. The molecule has 6 heteroatoms. The van der Waals surface area contributed by atoms with Gasteiger partial charge in [0.2, 0.25) is 5.91 Å². The van der Waals surface area contributed by atoms with Gasteiger partial charge in [-0.1, -0.05) is 19.9 Å². The van der Waals surface area contributed by atoms with Crippen LogP contribution in [0.2, 0.25) is 0 Å². The van der Waals surface area contributed by atoms with Gasteiger partial charge < -0.3 is 15.5 Å². The Bertz CT molecular complexity index is 920. The summed E-state index contributed by atoms with van der Waals surface area (Å²) >= 11 is 0. The Morgan fingerprint density at radius 1 is 1.06 bits per heavy atom. The van der Waals surface area contributed by atoms with Crippen molar-refractivity contribution < 1.29 is 9.59 Å². The van der Waals surface area contributed by atoms with Gasteiger partial charge in [0.1, 0.15) is 0 Å². The molecule has 1 aliphatic carbocycles. The average Bonchev–Trinajstić information content (AvgIpc) is 3.16. The molecule has 1 unspecified atom stereocenters. The van der Waals surface area contributed by atoms with Crippen LogP contribution in [0.15, 0.2) is 42.7 Å². The molecule has 0 saturated carbocycles. The molecule has 1 aliphatic heterocycles. The molecule has 2 N–H and O–H groups in total. The van der Waals surface area contributed by atoms with E-state index in [1.165, 1.54) is 11.3 Å². The summed E-state index contributed by atoms with van der Waals surface area (Å²) in [7, 11) is 0. The molecular weight excluding hydrogens is 388 g/mol. The molecule has 2 aliphatic rings. The first kappa shape index (κ1) is 21.3. The van der Waals surface area contributed by atoms with E-state index in [9.17, 15) is 9.59 Å². The highest BCUT2D eigenvalue weighted by Gasteiger charge is 2.26. The SMILES string of the molecule is CC(C)CC(=O)NC1CCc2cc(C(=O)NC3CCN(c4ccncc4)CC3)ccc21. The Morgan fingerprint density at radius 2 is 1.81 bits per heavy atom. The molecule has 2 amide bonds. The van der Waals surface area contributed by atoms with E-state index in [2.05, 4.69) is 34.4 Å². The van der Waals surface area contributed by atoms with Crippen LogP contribution in [0.5, 0.6) is 0 Å². The van der Waals surface area contributed by atoms with Crippen molar-refractivity contribution in [3.8, 4) is 0 Å². The van der Waals surface area contributed by atoms with Gasteiger partial charge in [0, 0.05) is 49.2 Å². The summed E-state index contributed by atoms with van der Waals surface area (Å²) in [5.74, 6) is 0.453. The second-order valence-electron chi connectivity index (χ2n) is 9.11. The highest BCUT2D eigenvalue weighted by atomic mass is 16.2. The van der Waals surface area contributed by atoms with Crippen LogP contribution < -0.4 is 15.5 Å². The molecule has 1 aromatic heterocycles. The predicted octanol–water partition coefficient (Wildman–Crippen LogP) is 3.63. The fourth-order valence-electron chi connectivity index (χ4n) is 4.64. The molecule has 6 nitrogen and oxygen atoms in total. The van der Waals surface area contributed by atoms with E-state index < -0.39 is 0 Å². The Morgan fingerprint density at radius 3 is 2.52 bits per heavy atom. The zero-order chi connectivity index (χ0) is 21.8. The van der Waals surface area contributed by atoms with E-state index in [0.29, 0.717) is 17.9 Å². The van der Waals surface area contributed by atoms with Crippen molar-refractivity contribution in [1.82, 2.24) is 15.6 Å². The second kappa shape index (κ2) is 9.50. The number of aromatic nitrogens is 1. The number of carbonyl (C=O) groups excluding carboxylic acids is 2. The van der Waals surface area contributed by atoms with Crippen LogP contribution in [-0.2, 0) is 11.2 Å². The second-order valence-corrected chi connectivity index (χ2v) is 9.11. The van der Waals surface area contributed by atoms with Crippen LogP contribution in [0.25, 0.3) is 0 Å². The number of pyridine rings is 1. The summed E-state index contributed by atoms with van der Waals surface area (Å²) in [6, 6.07) is 10.2. The third-order valence-corrected chi connectivity index (χ3v) is 6.27. The van der Waals surface area contributed by atoms with E-state index in [1.807, 2.05) is 42.7 Å². The van der Waals surface area contributed by atoms with Crippen LogP contribution in [0.1, 0.15) is 67.1 Å². The van der Waals surface area contributed by atoms with Crippen molar-refractivity contribution in [3.05, 3.63) is 59.4 Å². The first-order valence-corrected chi connectivity index (χ1v) is 11.4. The summed E-state index contributed by atoms with van der Waals surface area (Å²) in [5.41, 5.74) is 4.23. The maximum atomic E-state index is 12.8. The van der Waals surface area contributed by atoms with Gasteiger partial charge in [-0.2, -0.15) is 0 Å². The van der Waals surface area contributed by atoms with Gasteiger partial charge in [0.15, 0.2) is 0 Å². The van der Waals surface area contributed by atoms with Crippen molar-refractivity contribution in [2.45, 2.75) is 58.0 Å². The van der Waals surface area contributed by atoms with E-state index in [0.717, 1.165) is 44.3 Å². The minimum Gasteiger partial charge on any atom is -0.371 e. The summed E-state index contributed by atoms with van der Waals surface area (Å²) in [6.45, 7) is 5.96. The average molecular weight is 421 g/mol. The van der Waals surface area contributed by atoms with Crippen molar-refractivity contribution in [2.24, 2.45) is 5.92 Å². The van der Waals surface area contributed by atoms with Crippen molar-refractivity contribution in [3.63, 3.8) is 0 Å². The van der Waals surface area contributed by atoms with E-state index in [1.54, 1.807) is 0 Å². The Balaban J connectivity index is 1.32. The highest BCUT2D eigenvalue weighted by molar-refractivity contribution is 5.94. The number of anilines is 1. The van der Waals surface area contributed by atoms with Gasteiger partial charge in [-0.25, -0.2) is 0 Å². The smallest absolute Gasteiger partial charge is 0.251 e. The highest BCUT2D eigenvalue weighted by Crippen LogP contribution is 2.32. The zero-order valence-corrected chi connectivity index (χ0v) is 18.4. The van der Waals surface area contributed by atoms with Crippen LogP contribution in [0, 0.1) is 5.92 Å². The van der Waals surface area contributed by atoms with Crippen molar-refractivity contribution in [1.29, 1.82) is 0 Å². The molecule has 2 aromatic rings. The number of carbonyl (C=O) groups is 2. The lowest BCUT2D eigenvalue weighted by Crippen LogP contribution is -2.44. The summed E-state index contributed by atoms with van der Waals surface area (Å²) < 4.78 is 0. The van der Waals surface area contributed by atoms with E-state index in [4.69, 9.17) is 0 Å². The number of nitrogens with zero attached hydrogens (tertiary/aromatic N) is 2. The normalized spacial score (nSPS) is 18.7. The molecule has 31 heavy (non-hydrogen) atoms. The number of aryl methyl sites for hydroxylation is 1. The molecule has 0 spiro atoms. The van der Waals surface area contributed by atoms with Gasteiger partial charge in [-0.15, -0.1) is 0 Å². The Hall–Kier alpha value is -2.89. The third-order valence-electron chi connectivity index (χ3n) is 6.27. The fourth-order valence-corrected chi connectivity index (χ4v) is 4.64. The topological polar surface area (TPSA) is 74.3 Å². The van der Waals surface area contributed by atoms with Crippen molar-refractivity contribution in [2.75, 3.05) is 18.0 Å². The number of benzene rings is 1. The lowest BCUT2D eigenvalue weighted by Gasteiger charge is -2.33. The summed E-state index contributed by atoms with van der Waals surface area (Å²) in [6.07, 6.45) is 7.85. The molecule has 0 radical (unpaired) electrons. The molecule has 1 aromatic carbocycles. The largest absolute Gasteiger partial charge is 0.371 e. The molecule has 1 fully saturated rings. The van der Waals surface area contributed by atoms with Crippen LogP contribution >= 0.6 is 0 Å². The number of amides is 2. The summed E-state index contributed by atoms with van der Waals surface area (Å²) in [5, 5.41) is 6.37. The monoisotopic (exact) mass is 420 g/mol. The maximum absolute atomic E-state index is 12.8. The molecule has 4 rings (SSSR count). The van der Waals surface area contributed by atoms with Crippen LogP contribution in [0.4, 0.5) is 5.69 Å². The van der Waals surface area contributed by atoms with E-state index in [-0.39, 0.29) is 23.9 Å². The van der Waals surface area contributed by atoms with Gasteiger partial charge in [-0.3, -0.25) is 14.6 Å². The number of rotatable bonds is 6. The quantitative estimate of drug-likeness (QED) is 0.748. The minimum atomic E-state index is -0.00236. The molecule has 0 bridgehead atoms. The molecule has 1 atom stereocenters. The predicted molar refractivity (Wildman–Crippen MR) is 122 cm³/mol. The number of fused-ring (bicyclic) bond motifs is 1. The third kappa shape index (κ3) is 5.24. The molecular formula is C25H32N4O2. The van der Waals surface area contributed by atoms with Crippen LogP contribution in [0.3, 0.4) is 0 Å². The van der Waals surface area contributed by atoms with Gasteiger partial charge in [0.25, 0.3) is 5.91 Å². The number of hydrogen-bond acceptors (Lipinski definition) is 4. The maximum Gasteiger partial charge on any atom is 0.251 e. The summed E-state index contributed by atoms with van der Waals surface area (Å²) in [4.78, 5) is 31.4. The number of nitrogens with one attached hydrogen (secondary N) is 2. The minimum absolute atomic E-state index is 0.00236. The lowest BCUT2D eigenvalue weighted by molar-refractivity contribution is -0.122. The standard InChI is InChI=1S/C25H32N4O2/c1-17(2)15-24(30)28-23-6-4-18-16-19(3-5-22(18)23)25(31)27-20-9-13-29(14-10-20)21-7-11-26-12-8-21/h3,5,7-8,11-12,16-17,20,23H,4,6,9-10,13-15H2,1-2H3,(H,27,31)(H,28,30). The van der Waals surface area contributed by atoms with E-state index >= 15 is 0 Å². The Kier molecular flexibility index (Phi) is 6.54. The molecule has 2 heterocycles. The number of hydrogen-bond donors (Lipinski definition) is 2. The van der Waals surface area contributed by atoms with Gasteiger partial charge >= 0.3 is 0 Å². The first-order valence-electron chi connectivity index (χ1n) is 11.4. The lowest BCUT2D eigenvalue weighted by atomic mass is 10.0. The number of piperidine rings is 1. The molecule has 164 valence electrons.